The molecule has 0 spiro atoms. The van der Waals surface area contributed by atoms with Crippen molar-refractivity contribution in [3.8, 4) is 0 Å². The van der Waals surface area contributed by atoms with Crippen LogP contribution < -0.4 is 5.73 Å². The molecule has 16 heavy (non-hydrogen) atoms. The lowest BCUT2D eigenvalue weighted by Gasteiger charge is -2.27. The third-order valence-corrected chi connectivity index (χ3v) is 2.43. The van der Waals surface area contributed by atoms with Crippen LogP contribution in [0.3, 0.4) is 0 Å². The van der Waals surface area contributed by atoms with Crippen LogP contribution >= 0.6 is 12.4 Å². The Balaban J connectivity index is 0.00000225. The Labute approximate surface area is 102 Å². The highest BCUT2D eigenvalue weighted by atomic mass is 35.5. The molecule has 1 rings (SSSR count). The van der Waals surface area contributed by atoms with Gasteiger partial charge in [-0.15, -0.1) is 12.4 Å². The molecule has 3 N–H and O–H groups in total. The average Bonchev–Trinajstić information content (AvgIpc) is 2.15. The summed E-state index contributed by atoms with van der Waals surface area (Å²) in [7, 11) is 0. The molecule has 0 aliphatic carbocycles. The number of nitrogens with two attached hydrogens (primary N) is 1. The quantitative estimate of drug-likeness (QED) is 0.840. The zero-order valence-electron chi connectivity index (χ0n) is 9.73. The highest BCUT2D eigenvalue weighted by Gasteiger charge is 2.22. The van der Waals surface area contributed by atoms with Gasteiger partial charge in [0.2, 0.25) is 0 Å². The second-order valence-electron chi connectivity index (χ2n) is 4.77. The van der Waals surface area contributed by atoms with Gasteiger partial charge in [-0.25, -0.2) is 4.79 Å². The van der Waals surface area contributed by atoms with Gasteiger partial charge in [-0.2, -0.15) is 0 Å². The molecular weight excluding hydrogens is 226 g/mol. The van der Waals surface area contributed by atoms with E-state index in [4.69, 9.17) is 10.8 Å². The van der Waals surface area contributed by atoms with E-state index in [-0.39, 0.29) is 29.4 Å². The molecule has 1 aromatic carbocycles. The van der Waals surface area contributed by atoms with Gasteiger partial charge in [0.1, 0.15) is 0 Å². The molecule has 4 heteroatoms. The number of halogens is 1. The normalized spacial score (nSPS) is 12.8. The topological polar surface area (TPSA) is 63.3 Å². The molecule has 0 radical (unpaired) electrons. The van der Waals surface area contributed by atoms with Crippen LogP contribution in [0.15, 0.2) is 24.3 Å². The van der Waals surface area contributed by atoms with Crippen LogP contribution in [0.1, 0.15) is 42.7 Å². The summed E-state index contributed by atoms with van der Waals surface area (Å²) in [6.07, 6.45) is 0. The van der Waals surface area contributed by atoms with E-state index >= 15 is 0 Å². The first kappa shape index (κ1) is 14.9. The maximum atomic E-state index is 10.8. The summed E-state index contributed by atoms with van der Waals surface area (Å²) in [5, 5.41) is 8.85. The van der Waals surface area contributed by atoms with Crippen molar-refractivity contribution in [2.45, 2.75) is 26.8 Å². The standard InChI is InChI=1S/C12H17NO2.ClH/c1-12(2,3)10(13)8-5-4-6-9(7-8)11(14)15;/h4-7,10H,13H2,1-3H3,(H,14,15);1H. The van der Waals surface area contributed by atoms with Gasteiger partial charge in [0.15, 0.2) is 0 Å². The fraction of sp³-hybridized carbons (Fsp3) is 0.417. The van der Waals surface area contributed by atoms with E-state index in [1.54, 1.807) is 18.2 Å². The summed E-state index contributed by atoms with van der Waals surface area (Å²) in [5.74, 6) is -0.919. The third-order valence-electron chi connectivity index (χ3n) is 2.43. The summed E-state index contributed by atoms with van der Waals surface area (Å²) in [6, 6.07) is 6.64. The Hall–Kier alpha value is -1.06. The van der Waals surface area contributed by atoms with Crippen LogP contribution in [-0.4, -0.2) is 11.1 Å². The second-order valence-corrected chi connectivity index (χ2v) is 4.77. The lowest BCUT2D eigenvalue weighted by Crippen LogP contribution is -2.26. The van der Waals surface area contributed by atoms with Gasteiger partial charge in [0, 0.05) is 6.04 Å². The third kappa shape index (κ3) is 3.51. The zero-order chi connectivity index (χ0) is 11.6. The summed E-state index contributed by atoms with van der Waals surface area (Å²) < 4.78 is 0. The molecule has 1 unspecified atom stereocenters. The highest BCUT2D eigenvalue weighted by Crippen LogP contribution is 2.30. The van der Waals surface area contributed by atoms with E-state index < -0.39 is 5.97 Å². The highest BCUT2D eigenvalue weighted by molar-refractivity contribution is 5.87. The molecule has 3 nitrogen and oxygen atoms in total. The number of carboxylic acids is 1. The van der Waals surface area contributed by atoms with Gasteiger partial charge in [0.25, 0.3) is 0 Å². The lowest BCUT2D eigenvalue weighted by atomic mass is 9.83. The van der Waals surface area contributed by atoms with E-state index in [9.17, 15) is 4.79 Å². The predicted molar refractivity (Wildman–Crippen MR) is 67.0 cm³/mol. The maximum absolute atomic E-state index is 10.8. The fourth-order valence-electron chi connectivity index (χ4n) is 1.37. The molecule has 90 valence electrons. The molecule has 0 fully saturated rings. The molecule has 0 saturated heterocycles. The Morgan fingerprint density at radius 3 is 2.38 bits per heavy atom. The number of hydrogen-bond donors (Lipinski definition) is 2. The van der Waals surface area contributed by atoms with Crippen molar-refractivity contribution in [3.05, 3.63) is 35.4 Å². The molecule has 0 aromatic heterocycles. The monoisotopic (exact) mass is 243 g/mol. The van der Waals surface area contributed by atoms with Crippen molar-refractivity contribution in [1.82, 2.24) is 0 Å². The van der Waals surface area contributed by atoms with Gasteiger partial charge in [-0.3, -0.25) is 0 Å². The van der Waals surface area contributed by atoms with Crippen LogP contribution in [0.4, 0.5) is 0 Å². The van der Waals surface area contributed by atoms with E-state index in [0.717, 1.165) is 5.56 Å². The van der Waals surface area contributed by atoms with Crippen LogP contribution in [0.25, 0.3) is 0 Å². The molecule has 0 aliphatic rings. The van der Waals surface area contributed by atoms with Crippen LogP contribution in [-0.2, 0) is 0 Å². The summed E-state index contributed by atoms with van der Waals surface area (Å²) in [4.78, 5) is 10.8. The van der Waals surface area contributed by atoms with E-state index in [2.05, 4.69) is 0 Å². The van der Waals surface area contributed by atoms with Gasteiger partial charge < -0.3 is 10.8 Å². The summed E-state index contributed by atoms with van der Waals surface area (Å²) >= 11 is 0. The first-order valence-corrected chi connectivity index (χ1v) is 4.91. The molecular formula is C12H18ClNO2. The van der Waals surface area contributed by atoms with Crippen molar-refractivity contribution < 1.29 is 9.90 Å². The van der Waals surface area contributed by atoms with E-state index in [0.29, 0.717) is 0 Å². The molecule has 0 aliphatic heterocycles. The summed E-state index contributed by atoms with van der Waals surface area (Å²) in [5.41, 5.74) is 7.12. The van der Waals surface area contributed by atoms with Crippen LogP contribution in [0, 0.1) is 5.41 Å². The second kappa shape index (κ2) is 5.32. The number of benzene rings is 1. The SMILES string of the molecule is CC(C)(C)C(N)c1cccc(C(=O)O)c1.Cl. The Morgan fingerprint density at radius 1 is 1.38 bits per heavy atom. The molecule has 0 saturated carbocycles. The molecule has 1 aromatic rings. The van der Waals surface area contributed by atoms with Crippen molar-refractivity contribution >= 4 is 18.4 Å². The van der Waals surface area contributed by atoms with Crippen molar-refractivity contribution in [2.75, 3.05) is 0 Å². The van der Waals surface area contributed by atoms with Gasteiger partial charge in [0.05, 0.1) is 5.56 Å². The number of hydrogen-bond acceptors (Lipinski definition) is 2. The van der Waals surface area contributed by atoms with Gasteiger partial charge >= 0.3 is 5.97 Å². The molecule has 1 atom stereocenters. The van der Waals surface area contributed by atoms with Crippen LogP contribution in [0.5, 0.6) is 0 Å². The number of rotatable bonds is 2. The van der Waals surface area contributed by atoms with E-state index in [1.807, 2.05) is 26.8 Å². The van der Waals surface area contributed by atoms with Crippen molar-refractivity contribution in [1.29, 1.82) is 0 Å². The minimum absolute atomic E-state index is 0. The Kier molecular flexibility index (Phi) is 4.97. The maximum Gasteiger partial charge on any atom is 0.335 e. The molecule has 0 heterocycles. The number of carboxylic acid groups (broad SMARTS) is 1. The minimum atomic E-state index is -0.919. The largest absolute Gasteiger partial charge is 0.478 e. The summed E-state index contributed by atoms with van der Waals surface area (Å²) in [6.45, 7) is 6.10. The molecule has 0 amide bonds. The number of aromatic carboxylic acids is 1. The zero-order valence-corrected chi connectivity index (χ0v) is 10.5. The Bertz CT molecular complexity index is 372. The lowest BCUT2D eigenvalue weighted by molar-refractivity contribution is 0.0696. The number of carbonyl (C=O) groups is 1. The average molecular weight is 244 g/mol. The first-order valence-electron chi connectivity index (χ1n) is 4.91. The first-order chi connectivity index (χ1) is 6.82. The van der Waals surface area contributed by atoms with Gasteiger partial charge in [-0.05, 0) is 23.1 Å². The Morgan fingerprint density at radius 2 is 1.94 bits per heavy atom. The molecule has 0 bridgehead atoms. The van der Waals surface area contributed by atoms with Crippen LogP contribution in [0.2, 0.25) is 0 Å². The van der Waals surface area contributed by atoms with Gasteiger partial charge in [-0.1, -0.05) is 32.9 Å². The predicted octanol–water partition coefficient (Wildman–Crippen LogP) is 2.85. The fourth-order valence-corrected chi connectivity index (χ4v) is 1.37. The van der Waals surface area contributed by atoms with Crippen molar-refractivity contribution in [2.24, 2.45) is 11.1 Å². The van der Waals surface area contributed by atoms with E-state index in [1.165, 1.54) is 0 Å². The smallest absolute Gasteiger partial charge is 0.335 e. The van der Waals surface area contributed by atoms with Crippen molar-refractivity contribution in [3.63, 3.8) is 0 Å². The minimum Gasteiger partial charge on any atom is -0.478 e.